The summed E-state index contributed by atoms with van der Waals surface area (Å²) in [6.45, 7) is 8.99. The van der Waals surface area contributed by atoms with Crippen molar-refractivity contribution in [3.63, 3.8) is 0 Å². The predicted octanol–water partition coefficient (Wildman–Crippen LogP) is 2.52. The molecule has 2 rings (SSSR count). The number of nitrogens with zero attached hydrogens (tertiary/aromatic N) is 1. The Labute approximate surface area is 163 Å². The highest BCUT2D eigenvalue weighted by Crippen LogP contribution is 2.24. The van der Waals surface area contributed by atoms with Crippen LogP contribution in [0.4, 0.5) is 0 Å². The van der Waals surface area contributed by atoms with Gasteiger partial charge >= 0.3 is 0 Å². The van der Waals surface area contributed by atoms with Gasteiger partial charge < -0.3 is 15.5 Å². The molecule has 2 amide bonds. The van der Waals surface area contributed by atoms with Gasteiger partial charge in [0.25, 0.3) is 0 Å². The van der Waals surface area contributed by atoms with E-state index in [0.717, 1.165) is 25.1 Å². The van der Waals surface area contributed by atoms with Gasteiger partial charge in [0.15, 0.2) is 0 Å². The summed E-state index contributed by atoms with van der Waals surface area (Å²) in [5.41, 5.74) is 2.31. The quantitative estimate of drug-likeness (QED) is 0.680. The van der Waals surface area contributed by atoms with Gasteiger partial charge in [-0.25, -0.2) is 0 Å². The standard InChI is InChI=1S/C20H31N3O2.ClH/c1-4-9-21-10-11-22-20(25)18-13-16-7-5-6-8-17(16)14-23(18)19(24)12-15(2)3;/h5-8,15,18,21H,4,9-14H2,1-3H3,(H,22,25);1H. The second-order valence-corrected chi connectivity index (χ2v) is 7.15. The molecule has 1 aromatic carbocycles. The Kier molecular flexibility index (Phi) is 9.66. The number of hydrogen-bond donors (Lipinski definition) is 2. The van der Waals surface area contributed by atoms with E-state index in [1.54, 1.807) is 4.90 Å². The van der Waals surface area contributed by atoms with E-state index in [1.165, 1.54) is 5.56 Å². The van der Waals surface area contributed by atoms with Gasteiger partial charge in [-0.2, -0.15) is 0 Å². The fourth-order valence-electron chi connectivity index (χ4n) is 3.18. The first-order valence-corrected chi connectivity index (χ1v) is 9.37. The highest BCUT2D eigenvalue weighted by atomic mass is 35.5. The number of benzene rings is 1. The van der Waals surface area contributed by atoms with E-state index in [1.807, 2.05) is 32.0 Å². The van der Waals surface area contributed by atoms with Gasteiger partial charge in [-0.1, -0.05) is 45.0 Å². The molecular weight excluding hydrogens is 350 g/mol. The lowest BCUT2D eigenvalue weighted by Gasteiger charge is -2.36. The molecule has 146 valence electrons. The van der Waals surface area contributed by atoms with Crippen molar-refractivity contribution in [2.75, 3.05) is 19.6 Å². The number of rotatable bonds is 8. The number of nitrogens with one attached hydrogen (secondary N) is 2. The van der Waals surface area contributed by atoms with Gasteiger partial charge in [0, 0.05) is 32.5 Å². The molecule has 0 aromatic heterocycles. The van der Waals surface area contributed by atoms with E-state index in [-0.39, 0.29) is 30.1 Å². The van der Waals surface area contributed by atoms with Crippen LogP contribution in [-0.4, -0.2) is 42.4 Å². The third kappa shape index (κ3) is 6.29. The maximum absolute atomic E-state index is 12.7. The minimum Gasteiger partial charge on any atom is -0.353 e. The molecule has 1 aromatic rings. The van der Waals surface area contributed by atoms with Crippen LogP contribution < -0.4 is 10.6 Å². The van der Waals surface area contributed by atoms with Gasteiger partial charge in [0.05, 0.1) is 0 Å². The Morgan fingerprint density at radius 2 is 1.85 bits per heavy atom. The van der Waals surface area contributed by atoms with Crippen molar-refractivity contribution >= 4 is 24.2 Å². The third-order valence-electron chi connectivity index (χ3n) is 4.48. The van der Waals surface area contributed by atoms with Crippen molar-refractivity contribution in [2.24, 2.45) is 5.92 Å². The van der Waals surface area contributed by atoms with Crippen LogP contribution in [0, 0.1) is 5.92 Å². The maximum atomic E-state index is 12.7. The average Bonchev–Trinajstić information content (AvgIpc) is 2.59. The van der Waals surface area contributed by atoms with E-state index in [9.17, 15) is 9.59 Å². The average molecular weight is 382 g/mol. The zero-order valence-corrected chi connectivity index (χ0v) is 16.9. The number of carbonyl (C=O) groups excluding carboxylic acids is 2. The lowest BCUT2D eigenvalue weighted by Crippen LogP contribution is -2.53. The van der Waals surface area contributed by atoms with Crippen LogP contribution in [-0.2, 0) is 22.6 Å². The second-order valence-electron chi connectivity index (χ2n) is 7.15. The molecule has 1 aliphatic heterocycles. The van der Waals surface area contributed by atoms with Crippen LogP contribution >= 0.6 is 12.4 Å². The van der Waals surface area contributed by atoms with Gasteiger partial charge in [-0.15, -0.1) is 12.4 Å². The third-order valence-corrected chi connectivity index (χ3v) is 4.48. The molecule has 0 bridgehead atoms. The summed E-state index contributed by atoms with van der Waals surface area (Å²) >= 11 is 0. The van der Waals surface area contributed by atoms with Gasteiger partial charge in [0.1, 0.15) is 6.04 Å². The summed E-state index contributed by atoms with van der Waals surface area (Å²) < 4.78 is 0. The van der Waals surface area contributed by atoms with Crippen LogP contribution in [0.3, 0.4) is 0 Å². The molecule has 2 N–H and O–H groups in total. The molecule has 1 aliphatic rings. The monoisotopic (exact) mass is 381 g/mol. The first kappa shape index (κ1) is 22.5. The molecule has 0 fully saturated rings. The second kappa shape index (κ2) is 11.2. The zero-order chi connectivity index (χ0) is 18.2. The lowest BCUT2D eigenvalue weighted by atomic mass is 9.92. The summed E-state index contributed by atoms with van der Waals surface area (Å²) in [7, 11) is 0. The SMILES string of the molecule is CCCNCCNC(=O)C1Cc2ccccc2CN1C(=O)CC(C)C.Cl. The summed E-state index contributed by atoms with van der Waals surface area (Å²) in [5.74, 6) is 0.297. The van der Waals surface area contributed by atoms with Gasteiger partial charge in [-0.05, 0) is 30.0 Å². The molecule has 0 spiro atoms. The Bertz CT molecular complexity index is 592. The van der Waals surface area contributed by atoms with Crippen LogP contribution in [0.5, 0.6) is 0 Å². The molecule has 5 nitrogen and oxygen atoms in total. The van der Waals surface area contributed by atoms with Gasteiger partial charge in [0.2, 0.25) is 11.8 Å². The van der Waals surface area contributed by atoms with E-state index in [2.05, 4.69) is 23.6 Å². The largest absolute Gasteiger partial charge is 0.353 e. The molecule has 1 unspecified atom stereocenters. The van der Waals surface area contributed by atoms with Crippen molar-refractivity contribution in [1.82, 2.24) is 15.5 Å². The molecule has 1 heterocycles. The lowest BCUT2D eigenvalue weighted by molar-refractivity contribution is -0.142. The highest BCUT2D eigenvalue weighted by molar-refractivity contribution is 5.88. The minimum absolute atomic E-state index is 0. The maximum Gasteiger partial charge on any atom is 0.243 e. The number of halogens is 1. The number of carbonyl (C=O) groups is 2. The van der Waals surface area contributed by atoms with Crippen LogP contribution in [0.25, 0.3) is 0 Å². The Hall–Kier alpha value is -1.59. The predicted molar refractivity (Wildman–Crippen MR) is 107 cm³/mol. The smallest absolute Gasteiger partial charge is 0.243 e. The molecule has 0 radical (unpaired) electrons. The van der Waals surface area contributed by atoms with E-state index in [4.69, 9.17) is 0 Å². The first-order valence-electron chi connectivity index (χ1n) is 9.37. The van der Waals surface area contributed by atoms with Crippen molar-refractivity contribution in [2.45, 2.75) is 52.6 Å². The molecule has 0 saturated carbocycles. The molecular formula is C20H32ClN3O2. The fourth-order valence-corrected chi connectivity index (χ4v) is 3.18. The van der Waals surface area contributed by atoms with Crippen molar-refractivity contribution < 1.29 is 9.59 Å². The number of hydrogen-bond acceptors (Lipinski definition) is 3. The molecule has 26 heavy (non-hydrogen) atoms. The normalized spacial score (nSPS) is 16.0. The first-order chi connectivity index (χ1) is 12.0. The van der Waals surface area contributed by atoms with Crippen LogP contribution in [0.15, 0.2) is 24.3 Å². The summed E-state index contributed by atoms with van der Waals surface area (Å²) in [4.78, 5) is 27.2. The van der Waals surface area contributed by atoms with Crippen LogP contribution in [0.2, 0.25) is 0 Å². The van der Waals surface area contributed by atoms with Crippen LogP contribution in [0.1, 0.15) is 44.7 Å². The van der Waals surface area contributed by atoms with Crippen molar-refractivity contribution in [3.8, 4) is 0 Å². The Morgan fingerprint density at radius 1 is 1.15 bits per heavy atom. The molecule has 0 saturated heterocycles. The number of fused-ring (bicyclic) bond motifs is 1. The summed E-state index contributed by atoms with van der Waals surface area (Å²) in [5, 5.41) is 6.26. The Morgan fingerprint density at radius 3 is 2.50 bits per heavy atom. The van der Waals surface area contributed by atoms with E-state index >= 15 is 0 Å². The molecule has 0 aliphatic carbocycles. The summed E-state index contributed by atoms with van der Waals surface area (Å²) in [6.07, 6.45) is 2.14. The fraction of sp³-hybridized carbons (Fsp3) is 0.600. The van der Waals surface area contributed by atoms with Gasteiger partial charge in [-0.3, -0.25) is 9.59 Å². The topological polar surface area (TPSA) is 61.4 Å². The minimum atomic E-state index is -0.410. The zero-order valence-electron chi connectivity index (χ0n) is 16.1. The van der Waals surface area contributed by atoms with Crippen molar-refractivity contribution in [1.29, 1.82) is 0 Å². The molecule has 1 atom stereocenters. The number of amides is 2. The summed E-state index contributed by atoms with van der Waals surface area (Å²) in [6, 6.07) is 7.68. The highest BCUT2D eigenvalue weighted by Gasteiger charge is 2.34. The Balaban J connectivity index is 0.00000338. The molecule has 6 heteroatoms. The van der Waals surface area contributed by atoms with E-state index < -0.39 is 6.04 Å². The van der Waals surface area contributed by atoms with Crippen molar-refractivity contribution in [3.05, 3.63) is 35.4 Å². The van der Waals surface area contributed by atoms with E-state index in [0.29, 0.717) is 25.9 Å².